The van der Waals surface area contributed by atoms with Crippen molar-refractivity contribution in [1.29, 1.82) is 0 Å². The van der Waals surface area contributed by atoms with Crippen molar-refractivity contribution in [1.82, 2.24) is 4.90 Å². The predicted octanol–water partition coefficient (Wildman–Crippen LogP) is 1.04. The van der Waals surface area contributed by atoms with Crippen molar-refractivity contribution < 1.29 is 4.74 Å². The average molecular weight is 153 g/mol. The highest BCUT2D eigenvalue weighted by Crippen LogP contribution is 2.30. The van der Waals surface area contributed by atoms with E-state index in [1.807, 2.05) is 7.11 Å². The summed E-state index contributed by atoms with van der Waals surface area (Å²) in [4.78, 5) is 2.48. The molecule has 2 rings (SSSR count). The van der Waals surface area contributed by atoms with E-state index in [1.54, 1.807) is 0 Å². The normalized spacial score (nSPS) is 38.1. The number of methoxy groups -OCH3 is 1. The SMILES string of the molecule is C=C1C[C@H]2C[C@H](OC)CN2C1. The number of ether oxygens (including phenoxy) is 1. The largest absolute Gasteiger partial charge is 0.380 e. The van der Waals surface area contributed by atoms with E-state index in [2.05, 4.69) is 11.5 Å². The molecule has 0 aromatic rings. The Bertz CT molecular complexity index is 162. The molecule has 0 radical (unpaired) electrons. The molecule has 11 heavy (non-hydrogen) atoms. The maximum Gasteiger partial charge on any atom is 0.0713 e. The first-order chi connectivity index (χ1) is 5.29. The summed E-state index contributed by atoms with van der Waals surface area (Å²) in [5.74, 6) is 0. The van der Waals surface area contributed by atoms with Gasteiger partial charge in [-0.25, -0.2) is 0 Å². The molecule has 0 aromatic carbocycles. The van der Waals surface area contributed by atoms with E-state index in [9.17, 15) is 0 Å². The highest BCUT2D eigenvalue weighted by Gasteiger charge is 2.36. The standard InChI is InChI=1S/C9H15NO/c1-7-3-8-4-9(11-2)6-10(8)5-7/h8-9H,1,3-6H2,2H3/t8-,9-/m0/s1. The molecule has 2 aliphatic rings. The zero-order valence-corrected chi connectivity index (χ0v) is 7.05. The zero-order chi connectivity index (χ0) is 7.84. The van der Waals surface area contributed by atoms with Gasteiger partial charge in [0, 0.05) is 26.2 Å². The molecule has 2 saturated heterocycles. The Morgan fingerprint density at radius 1 is 1.64 bits per heavy atom. The van der Waals surface area contributed by atoms with Crippen LogP contribution in [0.25, 0.3) is 0 Å². The molecular weight excluding hydrogens is 138 g/mol. The minimum absolute atomic E-state index is 0.480. The molecule has 0 bridgehead atoms. The maximum atomic E-state index is 5.31. The third-order valence-corrected chi connectivity index (χ3v) is 2.77. The molecule has 2 nitrogen and oxygen atoms in total. The lowest BCUT2D eigenvalue weighted by molar-refractivity contribution is 0.109. The zero-order valence-electron chi connectivity index (χ0n) is 7.05. The van der Waals surface area contributed by atoms with Gasteiger partial charge in [-0.15, -0.1) is 0 Å². The van der Waals surface area contributed by atoms with Crippen LogP contribution in [0.3, 0.4) is 0 Å². The van der Waals surface area contributed by atoms with Gasteiger partial charge in [0.25, 0.3) is 0 Å². The first-order valence-electron chi connectivity index (χ1n) is 4.23. The first kappa shape index (κ1) is 7.32. The van der Waals surface area contributed by atoms with Crippen LogP contribution in [0.15, 0.2) is 12.2 Å². The Morgan fingerprint density at radius 3 is 3.09 bits per heavy atom. The Kier molecular flexibility index (Phi) is 1.74. The van der Waals surface area contributed by atoms with Gasteiger partial charge >= 0.3 is 0 Å². The summed E-state index contributed by atoms with van der Waals surface area (Å²) in [6.45, 7) is 6.22. The summed E-state index contributed by atoms with van der Waals surface area (Å²) in [7, 11) is 1.81. The monoisotopic (exact) mass is 153 g/mol. The van der Waals surface area contributed by atoms with E-state index in [-0.39, 0.29) is 0 Å². The Morgan fingerprint density at radius 2 is 2.45 bits per heavy atom. The van der Waals surface area contributed by atoms with Crippen molar-refractivity contribution in [2.45, 2.75) is 25.0 Å². The van der Waals surface area contributed by atoms with Crippen molar-refractivity contribution in [3.05, 3.63) is 12.2 Å². The van der Waals surface area contributed by atoms with E-state index in [0.29, 0.717) is 6.10 Å². The van der Waals surface area contributed by atoms with Gasteiger partial charge in [0.05, 0.1) is 6.10 Å². The summed E-state index contributed by atoms with van der Waals surface area (Å²) < 4.78 is 5.31. The molecule has 62 valence electrons. The third kappa shape index (κ3) is 1.21. The smallest absolute Gasteiger partial charge is 0.0713 e. The number of hydrogen-bond acceptors (Lipinski definition) is 2. The lowest BCUT2D eigenvalue weighted by Crippen LogP contribution is -2.23. The molecule has 0 N–H and O–H groups in total. The summed E-state index contributed by atoms with van der Waals surface area (Å²) in [5, 5.41) is 0. The molecule has 2 atom stereocenters. The maximum absolute atomic E-state index is 5.31. The fourth-order valence-corrected chi connectivity index (χ4v) is 2.20. The Balaban J connectivity index is 1.98. The molecule has 2 aliphatic heterocycles. The first-order valence-corrected chi connectivity index (χ1v) is 4.23. The van der Waals surface area contributed by atoms with Gasteiger partial charge in [-0.2, -0.15) is 0 Å². The van der Waals surface area contributed by atoms with Crippen LogP contribution in [-0.4, -0.2) is 37.2 Å². The highest BCUT2D eigenvalue weighted by molar-refractivity contribution is 5.11. The molecule has 0 saturated carbocycles. The second-order valence-electron chi connectivity index (χ2n) is 3.63. The third-order valence-electron chi connectivity index (χ3n) is 2.77. The minimum Gasteiger partial charge on any atom is -0.380 e. The molecule has 0 aromatic heterocycles. The van der Waals surface area contributed by atoms with Crippen molar-refractivity contribution in [2.75, 3.05) is 20.2 Å². The summed E-state index contributed by atoms with van der Waals surface area (Å²) in [6, 6.07) is 0.743. The molecule has 0 amide bonds. The quantitative estimate of drug-likeness (QED) is 0.522. The van der Waals surface area contributed by atoms with Gasteiger partial charge < -0.3 is 4.74 Å². The number of nitrogens with zero attached hydrogens (tertiary/aromatic N) is 1. The van der Waals surface area contributed by atoms with Gasteiger partial charge in [0.1, 0.15) is 0 Å². The molecule has 2 fully saturated rings. The number of rotatable bonds is 1. The van der Waals surface area contributed by atoms with E-state index >= 15 is 0 Å². The lowest BCUT2D eigenvalue weighted by atomic mass is 10.1. The van der Waals surface area contributed by atoms with E-state index in [0.717, 1.165) is 19.1 Å². The molecule has 2 heterocycles. The van der Waals surface area contributed by atoms with Gasteiger partial charge in [0.15, 0.2) is 0 Å². The van der Waals surface area contributed by atoms with Gasteiger partial charge in [-0.3, -0.25) is 4.90 Å². The predicted molar refractivity (Wildman–Crippen MR) is 44.5 cm³/mol. The average Bonchev–Trinajstić information content (AvgIpc) is 2.43. The van der Waals surface area contributed by atoms with E-state index < -0.39 is 0 Å². The van der Waals surface area contributed by atoms with Crippen LogP contribution in [0.1, 0.15) is 12.8 Å². The van der Waals surface area contributed by atoms with Crippen molar-refractivity contribution in [2.24, 2.45) is 0 Å². The number of fused-ring (bicyclic) bond motifs is 1. The molecule has 0 unspecified atom stereocenters. The number of hydrogen-bond donors (Lipinski definition) is 0. The summed E-state index contributed by atoms with van der Waals surface area (Å²) >= 11 is 0. The highest BCUT2D eigenvalue weighted by atomic mass is 16.5. The lowest BCUT2D eigenvalue weighted by Gasteiger charge is -2.11. The molecular formula is C9H15NO. The summed E-state index contributed by atoms with van der Waals surface area (Å²) in [5.41, 5.74) is 1.39. The van der Waals surface area contributed by atoms with E-state index in [4.69, 9.17) is 4.74 Å². The molecule has 0 aliphatic carbocycles. The van der Waals surface area contributed by atoms with Crippen LogP contribution in [0.5, 0.6) is 0 Å². The molecule has 0 spiro atoms. The fraction of sp³-hybridized carbons (Fsp3) is 0.778. The van der Waals surface area contributed by atoms with Crippen LogP contribution in [0.4, 0.5) is 0 Å². The Labute approximate surface area is 67.8 Å². The second kappa shape index (κ2) is 2.61. The van der Waals surface area contributed by atoms with Gasteiger partial charge in [-0.05, 0) is 12.8 Å². The van der Waals surface area contributed by atoms with Gasteiger partial charge in [-0.1, -0.05) is 12.2 Å². The van der Waals surface area contributed by atoms with E-state index in [1.165, 1.54) is 18.4 Å². The minimum atomic E-state index is 0.480. The Hall–Kier alpha value is -0.340. The topological polar surface area (TPSA) is 12.5 Å². The van der Waals surface area contributed by atoms with Gasteiger partial charge in [0.2, 0.25) is 0 Å². The van der Waals surface area contributed by atoms with Crippen molar-refractivity contribution in [3.8, 4) is 0 Å². The van der Waals surface area contributed by atoms with Crippen LogP contribution in [0, 0.1) is 0 Å². The molecule has 2 heteroatoms. The van der Waals surface area contributed by atoms with Crippen LogP contribution >= 0.6 is 0 Å². The fourth-order valence-electron chi connectivity index (χ4n) is 2.20. The second-order valence-corrected chi connectivity index (χ2v) is 3.63. The van der Waals surface area contributed by atoms with Crippen LogP contribution in [0.2, 0.25) is 0 Å². The van der Waals surface area contributed by atoms with Crippen molar-refractivity contribution >= 4 is 0 Å². The van der Waals surface area contributed by atoms with Crippen LogP contribution < -0.4 is 0 Å². The van der Waals surface area contributed by atoms with Crippen molar-refractivity contribution in [3.63, 3.8) is 0 Å². The van der Waals surface area contributed by atoms with Crippen LogP contribution in [-0.2, 0) is 4.74 Å². The summed E-state index contributed by atoms with van der Waals surface area (Å²) in [6.07, 6.45) is 2.88.